The lowest BCUT2D eigenvalue weighted by Gasteiger charge is -2.27. The number of benzene rings is 1. The van der Waals surface area contributed by atoms with Crippen LogP contribution in [0.2, 0.25) is 0 Å². The van der Waals surface area contributed by atoms with E-state index in [0.717, 1.165) is 41.3 Å². The zero-order valence-electron chi connectivity index (χ0n) is 15.4. The molecule has 3 aromatic rings. The first kappa shape index (κ1) is 17.2. The summed E-state index contributed by atoms with van der Waals surface area (Å²) in [6, 6.07) is 14.7. The monoisotopic (exact) mass is 365 g/mol. The highest BCUT2D eigenvalue weighted by atomic mass is 32.2. The predicted molar refractivity (Wildman–Crippen MR) is 105 cm³/mol. The molecule has 6 heteroatoms. The van der Waals surface area contributed by atoms with E-state index < -0.39 is 0 Å². The van der Waals surface area contributed by atoms with Crippen LogP contribution < -0.4 is 0 Å². The molecule has 0 radical (unpaired) electrons. The summed E-state index contributed by atoms with van der Waals surface area (Å²) in [6.07, 6.45) is 1.85. The highest BCUT2D eigenvalue weighted by Crippen LogP contribution is 2.31. The molecule has 26 heavy (non-hydrogen) atoms. The molecular weight excluding hydrogens is 342 g/mol. The molecule has 3 heterocycles. The van der Waals surface area contributed by atoms with Gasteiger partial charge in [0, 0.05) is 18.3 Å². The summed E-state index contributed by atoms with van der Waals surface area (Å²) in [5, 5.41) is 9.81. The molecule has 0 atom stereocenters. The molecule has 0 saturated carbocycles. The van der Waals surface area contributed by atoms with Crippen molar-refractivity contribution in [2.75, 3.05) is 5.88 Å². The van der Waals surface area contributed by atoms with Crippen molar-refractivity contribution in [1.29, 1.82) is 0 Å². The van der Waals surface area contributed by atoms with Gasteiger partial charge >= 0.3 is 0 Å². The van der Waals surface area contributed by atoms with Crippen LogP contribution >= 0.6 is 11.8 Å². The summed E-state index contributed by atoms with van der Waals surface area (Å²) in [7, 11) is 0. The van der Waals surface area contributed by atoms with Crippen LogP contribution in [0.4, 0.5) is 0 Å². The lowest BCUT2D eigenvalue weighted by molar-refractivity contribution is 0.229. The van der Waals surface area contributed by atoms with Crippen LogP contribution in [0.15, 0.2) is 53.8 Å². The minimum Gasteiger partial charge on any atom is -0.288 e. The molecule has 1 aliphatic rings. The third kappa shape index (κ3) is 3.52. The second kappa shape index (κ2) is 6.85. The second-order valence-electron chi connectivity index (χ2n) is 7.63. The molecule has 0 saturated heterocycles. The molecule has 4 rings (SSSR count). The maximum atomic E-state index is 4.45. The third-order valence-electron chi connectivity index (χ3n) is 4.56. The van der Waals surface area contributed by atoms with Crippen LogP contribution in [-0.4, -0.2) is 30.5 Å². The number of thioether (sulfide) groups is 1. The van der Waals surface area contributed by atoms with E-state index in [9.17, 15) is 0 Å². The predicted octanol–water partition coefficient (Wildman–Crippen LogP) is 4.16. The summed E-state index contributed by atoms with van der Waals surface area (Å²) in [5.74, 6) is 1.83. The van der Waals surface area contributed by atoms with Crippen molar-refractivity contribution in [3.05, 3.63) is 59.9 Å². The van der Waals surface area contributed by atoms with Gasteiger partial charge in [-0.3, -0.25) is 14.5 Å². The number of rotatable bonds is 3. The Bertz CT molecular complexity index is 881. The van der Waals surface area contributed by atoms with Crippen molar-refractivity contribution in [2.45, 2.75) is 44.6 Å². The molecule has 0 bridgehead atoms. The molecule has 0 aliphatic carbocycles. The van der Waals surface area contributed by atoms with E-state index in [2.05, 4.69) is 75.8 Å². The van der Waals surface area contributed by atoms with Gasteiger partial charge in [-0.05, 0) is 23.1 Å². The van der Waals surface area contributed by atoms with Gasteiger partial charge in [0.05, 0.1) is 18.2 Å². The number of aromatic nitrogens is 4. The first-order valence-electron chi connectivity index (χ1n) is 8.80. The minimum absolute atomic E-state index is 0.151. The third-order valence-corrected chi connectivity index (χ3v) is 5.61. The van der Waals surface area contributed by atoms with Gasteiger partial charge in [-0.25, -0.2) is 0 Å². The van der Waals surface area contributed by atoms with Gasteiger partial charge in [0.2, 0.25) is 0 Å². The number of fused-ring (bicyclic) bond motifs is 1. The van der Waals surface area contributed by atoms with Gasteiger partial charge in [0.25, 0.3) is 0 Å². The Hall–Kier alpha value is -2.18. The molecule has 0 fully saturated rings. The van der Waals surface area contributed by atoms with E-state index in [-0.39, 0.29) is 5.41 Å². The topological polar surface area (TPSA) is 46.8 Å². The lowest BCUT2D eigenvalue weighted by Crippen LogP contribution is -2.30. The van der Waals surface area contributed by atoms with Gasteiger partial charge in [0.15, 0.2) is 11.0 Å². The minimum atomic E-state index is 0.151. The van der Waals surface area contributed by atoms with Gasteiger partial charge in [-0.1, -0.05) is 62.9 Å². The van der Waals surface area contributed by atoms with Gasteiger partial charge in [-0.15, -0.1) is 10.2 Å². The van der Waals surface area contributed by atoms with Crippen molar-refractivity contribution in [3.63, 3.8) is 0 Å². The van der Waals surface area contributed by atoms with E-state index in [1.165, 1.54) is 5.56 Å². The molecule has 2 aromatic heterocycles. The normalized spacial score (nSPS) is 15.0. The van der Waals surface area contributed by atoms with Crippen LogP contribution in [0.5, 0.6) is 0 Å². The number of hydrogen-bond donors (Lipinski definition) is 0. The highest BCUT2D eigenvalue weighted by molar-refractivity contribution is 7.99. The van der Waals surface area contributed by atoms with Crippen molar-refractivity contribution >= 4 is 11.8 Å². The zero-order chi connectivity index (χ0) is 18.1. The Kier molecular flexibility index (Phi) is 4.54. The fourth-order valence-electron chi connectivity index (χ4n) is 3.06. The fourth-order valence-corrected chi connectivity index (χ4v) is 3.93. The van der Waals surface area contributed by atoms with Crippen molar-refractivity contribution in [1.82, 2.24) is 24.6 Å². The average molecular weight is 366 g/mol. The number of hydrogen-bond acceptors (Lipinski definition) is 5. The zero-order valence-corrected chi connectivity index (χ0v) is 16.2. The highest BCUT2D eigenvalue weighted by Gasteiger charge is 2.23. The molecule has 134 valence electrons. The Morgan fingerprint density at radius 2 is 1.85 bits per heavy atom. The average Bonchev–Trinajstić information content (AvgIpc) is 3.05. The Morgan fingerprint density at radius 3 is 2.54 bits per heavy atom. The fraction of sp³-hybridized carbons (Fsp3) is 0.350. The van der Waals surface area contributed by atoms with Gasteiger partial charge in [-0.2, -0.15) is 0 Å². The lowest BCUT2D eigenvalue weighted by atomic mass is 9.87. The largest absolute Gasteiger partial charge is 0.288 e. The molecule has 0 N–H and O–H groups in total. The Morgan fingerprint density at radius 1 is 1.04 bits per heavy atom. The van der Waals surface area contributed by atoms with Crippen molar-refractivity contribution in [3.8, 4) is 11.4 Å². The molecule has 0 spiro atoms. The molecule has 0 amide bonds. The number of pyridine rings is 1. The molecule has 0 unspecified atom stereocenters. The molecule has 1 aromatic carbocycles. The van der Waals surface area contributed by atoms with E-state index in [1.54, 1.807) is 11.8 Å². The van der Waals surface area contributed by atoms with Crippen LogP contribution in [0, 0.1) is 0 Å². The number of nitrogens with zero attached hydrogens (tertiary/aromatic N) is 5. The van der Waals surface area contributed by atoms with E-state index in [1.807, 2.05) is 18.3 Å². The van der Waals surface area contributed by atoms with Gasteiger partial charge < -0.3 is 0 Å². The molecular formula is C20H23N5S. The summed E-state index contributed by atoms with van der Waals surface area (Å²) in [6.45, 7) is 8.30. The molecule has 1 aliphatic heterocycles. The first-order chi connectivity index (χ1) is 12.5. The standard InChI is InChI=1S/C20H23N5S/c1-20(2,3)16-9-7-15(8-10-16)18-22-23-19-25(18)13-24(14-26-19)12-17-6-4-5-11-21-17/h4-11H,12-14H2,1-3H3. The smallest absolute Gasteiger partial charge is 0.193 e. The SMILES string of the molecule is CC(C)(C)c1ccc(-c2nnc3n2CN(Cc2ccccn2)CS3)cc1. The van der Waals surface area contributed by atoms with E-state index in [0.29, 0.717) is 0 Å². The second-order valence-corrected chi connectivity index (χ2v) is 8.54. The summed E-state index contributed by atoms with van der Waals surface area (Å²) < 4.78 is 2.20. The van der Waals surface area contributed by atoms with Crippen molar-refractivity contribution in [2.24, 2.45) is 0 Å². The summed E-state index contributed by atoms with van der Waals surface area (Å²) >= 11 is 1.73. The van der Waals surface area contributed by atoms with E-state index >= 15 is 0 Å². The Labute approximate surface area is 158 Å². The van der Waals surface area contributed by atoms with Gasteiger partial charge in [0.1, 0.15) is 0 Å². The maximum absolute atomic E-state index is 4.45. The van der Waals surface area contributed by atoms with Crippen LogP contribution in [0.1, 0.15) is 32.0 Å². The van der Waals surface area contributed by atoms with Crippen LogP contribution in [0.25, 0.3) is 11.4 Å². The Balaban J connectivity index is 1.57. The summed E-state index contributed by atoms with van der Waals surface area (Å²) in [4.78, 5) is 6.80. The first-order valence-corrected chi connectivity index (χ1v) is 9.78. The molecule has 5 nitrogen and oxygen atoms in total. The summed E-state index contributed by atoms with van der Waals surface area (Å²) in [5.41, 5.74) is 3.67. The van der Waals surface area contributed by atoms with Crippen molar-refractivity contribution < 1.29 is 0 Å². The van der Waals surface area contributed by atoms with E-state index in [4.69, 9.17) is 0 Å². The maximum Gasteiger partial charge on any atom is 0.193 e. The van der Waals surface area contributed by atoms with Crippen LogP contribution in [-0.2, 0) is 18.6 Å². The van der Waals surface area contributed by atoms with Crippen LogP contribution in [0.3, 0.4) is 0 Å². The quantitative estimate of drug-likeness (QED) is 0.697.